The number of nitrogens with zero attached hydrogens (tertiary/aromatic N) is 1. The molecule has 1 aromatic heterocycles. The monoisotopic (exact) mass is 598 g/mol. The van der Waals surface area contributed by atoms with Gasteiger partial charge in [0.15, 0.2) is 7.28 Å². The van der Waals surface area contributed by atoms with Gasteiger partial charge in [-0.3, -0.25) is 9.78 Å². The lowest BCUT2D eigenvalue weighted by Gasteiger charge is -2.19. The molecule has 3 aromatic rings. The summed E-state index contributed by atoms with van der Waals surface area (Å²) in [6.07, 6.45) is 8.01. The van der Waals surface area contributed by atoms with E-state index in [1.807, 2.05) is 37.3 Å². The number of aryl methyl sites for hydroxylation is 1. The summed E-state index contributed by atoms with van der Waals surface area (Å²) in [5.74, 6) is 1.99. The number of nitrogens with two attached hydrogens (primary N) is 4. The third-order valence-corrected chi connectivity index (χ3v) is 7.89. The fourth-order valence-electron chi connectivity index (χ4n) is 5.14. The van der Waals surface area contributed by atoms with Gasteiger partial charge in [0.05, 0.1) is 18.5 Å². The summed E-state index contributed by atoms with van der Waals surface area (Å²) >= 11 is 0. The highest BCUT2D eigenvalue weighted by molar-refractivity contribution is 6.55. The molecule has 0 saturated heterocycles. The average Bonchev–Trinajstić information content (AvgIpc) is 3.91. The van der Waals surface area contributed by atoms with Crippen molar-refractivity contribution >= 4 is 36.5 Å². The van der Waals surface area contributed by atoms with Crippen molar-refractivity contribution in [3.05, 3.63) is 82.9 Å². The first-order valence-corrected chi connectivity index (χ1v) is 15.1. The van der Waals surface area contributed by atoms with E-state index in [2.05, 4.69) is 39.5 Å². The van der Waals surface area contributed by atoms with Crippen LogP contribution in [0.4, 0.5) is 10.1 Å². The van der Waals surface area contributed by atoms with Gasteiger partial charge in [-0.2, -0.15) is 0 Å². The number of amides is 1. The van der Waals surface area contributed by atoms with Crippen LogP contribution in [0.2, 0.25) is 6.32 Å². The van der Waals surface area contributed by atoms with E-state index in [1.54, 1.807) is 7.11 Å². The number of anilines is 1. The van der Waals surface area contributed by atoms with Crippen molar-refractivity contribution in [1.82, 2.24) is 4.98 Å². The maximum absolute atomic E-state index is 13.3. The van der Waals surface area contributed by atoms with Crippen LogP contribution >= 0.6 is 0 Å². The van der Waals surface area contributed by atoms with Crippen LogP contribution in [0.5, 0.6) is 5.75 Å². The Labute approximate surface area is 262 Å². The molecule has 2 fully saturated rings. The topological polar surface area (TPSA) is 143 Å². The van der Waals surface area contributed by atoms with Crippen molar-refractivity contribution in [2.24, 2.45) is 29.0 Å². The van der Waals surface area contributed by atoms with Crippen LogP contribution < -0.4 is 33.1 Å². The molecule has 0 aliphatic heterocycles. The minimum absolute atomic E-state index is 0.222. The Hall–Kier alpha value is -4.11. The first-order valence-electron chi connectivity index (χ1n) is 15.1. The second-order valence-electron chi connectivity index (χ2n) is 11.4. The maximum Gasteiger partial charge on any atom is 0.204 e. The first-order chi connectivity index (χ1) is 21.1. The summed E-state index contributed by atoms with van der Waals surface area (Å²) in [4.78, 5) is 13.5. The van der Waals surface area contributed by atoms with Crippen molar-refractivity contribution in [2.45, 2.75) is 58.7 Å². The molecule has 1 radical (unpaired) electrons. The van der Waals surface area contributed by atoms with Crippen molar-refractivity contribution in [2.75, 3.05) is 19.4 Å². The number of nitrogen functional groups attached to an aromatic ring is 1. The zero-order valence-corrected chi connectivity index (χ0v) is 26.4. The van der Waals surface area contributed by atoms with Gasteiger partial charge in [0, 0.05) is 29.4 Å². The Morgan fingerprint density at radius 3 is 2.32 bits per heavy atom. The quantitative estimate of drug-likeness (QED) is 0.137. The van der Waals surface area contributed by atoms with E-state index in [-0.39, 0.29) is 12.2 Å². The number of primary amides is 1. The number of carbonyl (C=O) groups excluding carboxylic acids is 1. The Kier molecular flexibility index (Phi) is 12.6. The number of halogens is 1. The highest BCUT2D eigenvalue weighted by Gasteiger charge is 2.33. The van der Waals surface area contributed by atoms with Crippen LogP contribution in [0.25, 0.3) is 22.9 Å². The Morgan fingerprint density at radius 1 is 1.18 bits per heavy atom. The molecule has 1 heterocycles. The number of benzene rings is 2. The molecule has 0 bridgehead atoms. The lowest BCUT2D eigenvalue weighted by molar-refractivity contribution is -0.106. The van der Waals surface area contributed by atoms with Crippen LogP contribution in [0.15, 0.2) is 54.7 Å². The third-order valence-electron chi connectivity index (χ3n) is 7.89. The second kappa shape index (κ2) is 16.1. The standard InChI is InChI=1S/C19H23BFN2.C15H20N2O.CH3NO/c1-3-20-18-12(2)10-17(16(11-22)13-4-5-13)23-19(18)14-6-8-15(21)9-7-14;1-9(2)11-6-12(7-13(16)10-4-5-10)15(17)14(8-11)18-3;2-1-3/h6-10,13,16H,3-5,11,22H2,1-2H3;6-8,10H,1,4-5,16-17H2,2-3H3;1H,(H2,2,3)/b;13-7-;. The van der Waals surface area contributed by atoms with Gasteiger partial charge in [0.25, 0.3) is 0 Å². The molecule has 5 rings (SSSR count). The fourth-order valence-corrected chi connectivity index (χ4v) is 5.14. The molecule has 7 nitrogen and oxygen atoms in total. The minimum Gasteiger partial charge on any atom is -0.495 e. The number of rotatable bonds is 10. The molecule has 1 amide bonds. The van der Waals surface area contributed by atoms with Gasteiger partial charge in [-0.15, -0.1) is 0 Å². The van der Waals surface area contributed by atoms with Crippen molar-refractivity contribution in [3.63, 3.8) is 0 Å². The van der Waals surface area contributed by atoms with Crippen molar-refractivity contribution < 1.29 is 13.9 Å². The van der Waals surface area contributed by atoms with E-state index < -0.39 is 0 Å². The van der Waals surface area contributed by atoms with Gasteiger partial charge in [-0.05, 0) is 111 Å². The lowest BCUT2D eigenvalue weighted by atomic mass is 9.64. The van der Waals surface area contributed by atoms with Gasteiger partial charge < -0.3 is 27.7 Å². The molecule has 2 aliphatic carbocycles. The van der Waals surface area contributed by atoms with Crippen LogP contribution in [-0.4, -0.2) is 32.3 Å². The second-order valence-corrected chi connectivity index (χ2v) is 11.4. The van der Waals surface area contributed by atoms with Gasteiger partial charge >= 0.3 is 0 Å². The van der Waals surface area contributed by atoms with Gasteiger partial charge in [-0.1, -0.05) is 36.4 Å². The van der Waals surface area contributed by atoms with E-state index >= 15 is 0 Å². The van der Waals surface area contributed by atoms with Gasteiger partial charge in [0.1, 0.15) is 11.6 Å². The number of methoxy groups -OCH3 is 1. The molecule has 2 aliphatic rings. The maximum atomic E-state index is 13.3. The predicted molar refractivity (Wildman–Crippen MR) is 182 cm³/mol. The number of carbonyl (C=O) groups is 1. The molecule has 233 valence electrons. The van der Waals surface area contributed by atoms with E-state index in [0.29, 0.717) is 35.7 Å². The van der Waals surface area contributed by atoms with Gasteiger partial charge in [0.2, 0.25) is 6.41 Å². The van der Waals surface area contributed by atoms with Crippen LogP contribution in [0.3, 0.4) is 0 Å². The third kappa shape index (κ3) is 9.20. The van der Waals surface area contributed by atoms with E-state index in [0.717, 1.165) is 51.1 Å². The minimum atomic E-state index is -0.222. The van der Waals surface area contributed by atoms with E-state index in [1.165, 1.54) is 43.4 Å². The molecule has 8 N–H and O–H groups in total. The Morgan fingerprint density at radius 2 is 1.82 bits per heavy atom. The summed E-state index contributed by atoms with van der Waals surface area (Å²) < 4.78 is 18.6. The Balaban J connectivity index is 0.000000227. The summed E-state index contributed by atoms with van der Waals surface area (Å²) in [5.41, 5.74) is 32.1. The number of hydrogen-bond acceptors (Lipinski definition) is 6. The van der Waals surface area contributed by atoms with E-state index in [9.17, 15) is 4.39 Å². The number of aromatic nitrogens is 1. The average molecular weight is 599 g/mol. The first kappa shape index (κ1) is 34.4. The molecular weight excluding hydrogens is 552 g/mol. The summed E-state index contributed by atoms with van der Waals surface area (Å²) in [6, 6.07) is 12.7. The highest BCUT2D eigenvalue weighted by Crippen LogP contribution is 2.42. The van der Waals surface area contributed by atoms with Crippen LogP contribution in [0, 0.1) is 24.6 Å². The molecule has 2 aromatic carbocycles. The summed E-state index contributed by atoms with van der Waals surface area (Å²) in [7, 11) is 3.81. The van der Waals surface area contributed by atoms with Crippen molar-refractivity contribution in [1.29, 1.82) is 0 Å². The largest absolute Gasteiger partial charge is 0.495 e. The molecule has 1 atom stereocenters. The number of ether oxygens (including phenoxy) is 1. The molecule has 2 saturated carbocycles. The molecule has 1 unspecified atom stereocenters. The zero-order valence-electron chi connectivity index (χ0n) is 26.4. The highest BCUT2D eigenvalue weighted by atomic mass is 19.1. The normalized spacial score (nSPS) is 14.7. The lowest BCUT2D eigenvalue weighted by Crippen LogP contribution is -2.24. The number of pyridine rings is 1. The van der Waals surface area contributed by atoms with Crippen LogP contribution in [0.1, 0.15) is 67.8 Å². The SMILES string of the molecule is C=C(C)c1cc(/C=C(\N)C2CC2)c(N)c(OC)c1.CC[B]c1c(C)cc(C(CN)C2CC2)nc1-c1ccc(F)cc1.NC=O. The molecule has 9 heteroatoms. The molecule has 44 heavy (non-hydrogen) atoms. The van der Waals surface area contributed by atoms with Crippen molar-refractivity contribution in [3.8, 4) is 17.0 Å². The summed E-state index contributed by atoms with van der Waals surface area (Å²) in [5, 5.41) is 0. The fraction of sp³-hybridized carbons (Fsp3) is 0.371. The van der Waals surface area contributed by atoms with Crippen LogP contribution in [-0.2, 0) is 4.79 Å². The number of hydrogen-bond donors (Lipinski definition) is 4. The number of allylic oxidation sites excluding steroid dienone is 2. The summed E-state index contributed by atoms with van der Waals surface area (Å²) in [6.45, 7) is 10.8. The van der Waals surface area contributed by atoms with E-state index in [4.69, 9.17) is 31.7 Å². The predicted octanol–water partition coefficient (Wildman–Crippen LogP) is 5.54. The zero-order chi connectivity index (χ0) is 32.4. The smallest absolute Gasteiger partial charge is 0.204 e. The molecular formula is C35H46BFN5O2. The molecule has 0 spiro atoms. The Bertz CT molecular complexity index is 1470. The van der Waals surface area contributed by atoms with Gasteiger partial charge in [-0.25, -0.2) is 4.39 Å².